The van der Waals surface area contributed by atoms with E-state index in [1.807, 2.05) is 13.8 Å². The van der Waals surface area contributed by atoms with Crippen LogP contribution in [-0.4, -0.2) is 58.0 Å². The number of hydrogen-bond donors (Lipinski definition) is 1. The summed E-state index contributed by atoms with van der Waals surface area (Å²) in [7, 11) is 1.44. The molecule has 4 heterocycles. The average Bonchev–Trinajstić information content (AvgIpc) is 3.42. The van der Waals surface area contributed by atoms with Crippen LogP contribution in [0.4, 0.5) is 5.82 Å². The number of nitrogens with one attached hydrogen (secondary N) is 1. The third-order valence-corrected chi connectivity index (χ3v) is 4.10. The quantitative estimate of drug-likeness (QED) is 0.505. The van der Waals surface area contributed by atoms with Gasteiger partial charge in [0.05, 0.1) is 19.3 Å². The van der Waals surface area contributed by atoms with Gasteiger partial charge >= 0.3 is 0 Å². The monoisotopic (exact) mass is 406 g/mol. The van der Waals surface area contributed by atoms with Crippen LogP contribution in [0.2, 0.25) is 0 Å². The number of hydrogen-bond acceptors (Lipinski definition) is 9. The standard InChI is InChI=1S/C18H18N10O2/c1-11(2)28-16(23-25-26-28)13-5-4-6-14(21-13)22-17(29)12-10-27(24-18(12)30-3)15-9-19-7-8-20-15/h4-11H,1-3H3,(H,21,22,29). The van der Waals surface area contributed by atoms with Gasteiger partial charge in [-0.05, 0) is 36.4 Å². The number of carbonyl (C=O) groups is 1. The number of nitrogens with zero attached hydrogens (tertiary/aromatic N) is 9. The molecule has 1 amide bonds. The van der Waals surface area contributed by atoms with Gasteiger partial charge in [-0.2, -0.15) is 0 Å². The zero-order valence-electron chi connectivity index (χ0n) is 16.5. The molecule has 0 aliphatic carbocycles. The molecule has 4 aromatic heterocycles. The molecule has 0 unspecified atom stereocenters. The van der Waals surface area contributed by atoms with Gasteiger partial charge in [0.25, 0.3) is 5.91 Å². The normalized spacial score (nSPS) is 10.9. The summed E-state index contributed by atoms with van der Waals surface area (Å²) in [4.78, 5) is 25.5. The largest absolute Gasteiger partial charge is 0.479 e. The van der Waals surface area contributed by atoms with E-state index >= 15 is 0 Å². The zero-order valence-corrected chi connectivity index (χ0v) is 16.5. The summed E-state index contributed by atoms with van der Waals surface area (Å²) in [6.07, 6.45) is 6.12. The minimum absolute atomic E-state index is 0.0613. The fourth-order valence-electron chi connectivity index (χ4n) is 2.71. The van der Waals surface area contributed by atoms with Crippen LogP contribution in [0, 0.1) is 0 Å². The van der Waals surface area contributed by atoms with E-state index in [1.165, 1.54) is 30.4 Å². The minimum atomic E-state index is -0.435. The molecule has 0 bridgehead atoms. The van der Waals surface area contributed by atoms with Crippen molar-refractivity contribution >= 4 is 11.7 Å². The Hall–Kier alpha value is -4.22. The fourth-order valence-corrected chi connectivity index (χ4v) is 2.71. The van der Waals surface area contributed by atoms with E-state index in [4.69, 9.17) is 4.74 Å². The summed E-state index contributed by atoms with van der Waals surface area (Å²) in [5, 5.41) is 18.7. The summed E-state index contributed by atoms with van der Waals surface area (Å²) in [5.74, 6) is 1.02. The van der Waals surface area contributed by atoms with Crippen LogP contribution < -0.4 is 10.1 Å². The van der Waals surface area contributed by atoms with Crippen LogP contribution in [0.5, 0.6) is 5.88 Å². The summed E-state index contributed by atoms with van der Waals surface area (Å²) in [6.45, 7) is 3.93. The van der Waals surface area contributed by atoms with Crippen molar-refractivity contribution in [3.8, 4) is 23.2 Å². The lowest BCUT2D eigenvalue weighted by molar-refractivity contribution is 0.102. The SMILES string of the molecule is COc1nn(-c2cnccn2)cc1C(=O)Nc1cccc(-c2nnnn2C(C)C)n1. The molecule has 152 valence electrons. The molecule has 0 saturated carbocycles. The smallest absolute Gasteiger partial charge is 0.263 e. The van der Waals surface area contributed by atoms with Gasteiger partial charge in [0, 0.05) is 18.6 Å². The van der Waals surface area contributed by atoms with Crippen LogP contribution in [-0.2, 0) is 0 Å². The molecule has 4 aromatic rings. The second-order valence-corrected chi connectivity index (χ2v) is 6.46. The van der Waals surface area contributed by atoms with Gasteiger partial charge in [0.2, 0.25) is 11.7 Å². The second kappa shape index (κ2) is 8.03. The number of tetrazole rings is 1. The average molecular weight is 406 g/mol. The van der Waals surface area contributed by atoms with Crippen LogP contribution in [0.3, 0.4) is 0 Å². The number of ether oxygens (including phenoxy) is 1. The first-order valence-corrected chi connectivity index (χ1v) is 9.03. The molecule has 12 nitrogen and oxygen atoms in total. The number of aromatic nitrogens is 9. The highest BCUT2D eigenvalue weighted by atomic mass is 16.5. The van der Waals surface area contributed by atoms with Gasteiger partial charge in [-0.1, -0.05) is 6.07 Å². The maximum atomic E-state index is 12.8. The molecule has 0 saturated heterocycles. The topological polar surface area (TPSA) is 138 Å². The second-order valence-electron chi connectivity index (χ2n) is 6.46. The van der Waals surface area contributed by atoms with Crippen molar-refractivity contribution in [2.24, 2.45) is 0 Å². The molecule has 0 radical (unpaired) electrons. The number of methoxy groups -OCH3 is 1. The highest BCUT2D eigenvalue weighted by Crippen LogP contribution is 2.21. The first-order valence-electron chi connectivity index (χ1n) is 9.03. The Labute approximate surface area is 171 Å². The Kier molecular flexibility index (Phi) is 5.11. The van der Waals surface area contributed by atoms with E-state index < -0.39 is 5.91 Å². The summed E-state index contributed by atoms with van der Waals surface area (Å²) in [6, 6.07) is 5.26. The van der Waals surface area contributed by atoms with Crippen LogP contribution in [0.25, 0.3) is 17.3 Å². The number of amides is 1. The molecule has 0 atom stereocenters. The Balaban J connectivity index is 1.60. The lowest BCUT2D eigenvalue weighted by Crippen LogP contribution is -2.14. The lowest BCUT2D eigenvalue weighted by atomic mass is 10.3. The third-order valence-electron chi connectivity index (χ3n) is 4.10. The van der Waals surface area contributed by atoms with Gasteiger partial charge < -0.3 is 10.1 Å². The lowest BCUT2D eigenvalue weighted by Gasteiger charge is -2.09. The van der Waals surface area contributed by atoms with Crippen molar-refractivity contribution in [3.05, 3.63) is 48.5 Å². The minimum Gasteiger partial charge on any atom is -0.479 e. The molecular weight excluding hydrogens is 388 g/mol. The Morgan fingerprint density at radius 2 is 2.10 bits per heavy atom. The molecule has 30 heavy (non-hydrogen) atoms. The van der Waals surface area contributed by atoms with E-state index in [0.717, 1.165) is 0 Å². The first kappa shape index (κ1) is 19.1. The predicted molar refractivity (Wildman–Crippen MR) is 105 cm³/mol. The molecule has 1 N–H and O–H groups in total. The van der Waals surface area contributed by atoms with Gasteiger partial charge in [0.1, 0.15) is 17.1 Å². The van der Waals surface area contributed by atoms with Crippen LogP contribution in [0.1, 0.15) is 30.2 Å². The zero-order chi connectivity index (χ0) is 21.1. The van der Waals surface area contributed by atoms with E-state index in [9.17, 15) is 4.79 Å². The molecule has 0 aliphatic rings. The van der Waals surface area contributed by atoms with E-state index in [1.54, 1.807) is 29.1 Å². The molecule has 0 fully saturated rings. The fraction of sp³-hybridized carbons (Fsp3) is 0.222. The molecule has 4 rings (SSSR count). The molecule has 0 aromatic carbocycles. The van der Waals surface area contributed by atoms with Crippen molar-refractivity contribution in [1.82, 2.24) is 44.9 Å². The Bertz CT molecular complexity index is 1170. The van der Waals surface area contributed by atoms with Crippen molar-refractivity contribution in [3.63, 3.8) is 0 Å². The third kappa shape index (κ3) is 3.70. The number of carbonyl (C=O) groups excluding carboxylic acids is 1. The van der Waals surface area contributed by atoms with Gasteiger partial charge in [0.15, 0.2) is 5.82 Å². The van der Waals surface area contributed by atoms with Gasteiger partial charge in [-0.15, -0.1) is 10.2 Å². The summed E-state index contributed by atoms with van der Waals surface area (Å²) >= 11 is 0. The number of pyridine rings is 1. The highest BCUT2D eigenvalue weighted by molar-refractivity contribution is 6.05. The van der Waals surface area contributed by atoms with E-state index in [-0.39, 0.29) is 17.5 Å². The number of anilines is 1. The van der Waals surface area contributed by atoms with Crippen LogP contribution >= 0.6 is 0 Å². The van der Waals surface area contributed by atoms with E-state index in [2.05, 4.69) is 40.9 Å². The molecule has 12 heteroatoms. The van der Waals surface area contributed by atoms with Crippen molar-refractivity contribution in [2.75, 3.05) is 12.4 Å². The van der Waals surface area contributed by atoms with Crippen LogP contribution in [0.15, 0.2) is 43.0 Å². The summed E-state index contributed by atoms with van der Waals surface area (Å²) < 4.78 is 8.31. The molecular formula is C18H18N10O2. The van der Waals surface area contributed by atoms with E-state index in [0.29, 0.717) is 23.2 Å². The Morgan fingerprint density at radius 1 is 1.23 bits per heavy atom. The Morgan fingerprint density at radius 3 is 2.83 bits per heavy atom. The summed E-state index contributed by atoms with van der Waals surface area (Å²) in [5.41, 5.74) is 0.760. The predicted octanol–water partition coefficient (Wildman–Crippen LogP) is 1.55. The first-order chi connectivity index (χ1) is 14.6. The highest BCUT2D eigenvalue weighted by Gasteiger charge is 2.20. The molecule has 0 spiro atoms. The number of rotatable bonds is 6. The van der Waals surface area contributed by atoms with Gasteiger partial charge in [-0.3, -0.25) is 9.78 Å². The van der Waals surface area contributed by atoms with Crippen molar-refractivity contribution in [1.29, 1.82) is 0 Å². The van der Waals surface area contributed by atoms with Crippen molar-refractivity contribution < 1.29 is 9.53 Å². The van der Waals surface area contributed by atoms with Gasteiger partial charge in [-0.25, -0.2) is 19.3 Å². The molecule has 0 aliphatic heterocycles. The van der Waals surface area contributed by atoms with Crippen molar-refractivity contribution in [2.45, 2.75) is 19.9 Å². The maximum Gasteiger partial charge on any atom is 0.263 e. The maximum absolute atomic E-state index is 12.8.